The zero-order valence-corrected chi connectivity index (χ0v) is 8.32. The maximum atomic E-state index is 7.90. The highest BCUT2D eigenvalue weighted by atomic mass is 15.2. The summed E-state index contributed by atoms with van der Waals surface area (Å²) in [5, 5.41) is 7.90. The van der Waals surface area contributed by atoms with Crippen molar-refractivity contribution in [2.75, 3.05) is 13.1 Å². The Balaban J connectivity index is 2.14. The molecule has 1 aromatic rings. The third kappa shape index (κ3) is 1.73. The molecule has 0 atom stereocenters. The first kappa shape index (κ1) is 9.12. The van der Waals surface area contributed by atoms with Crippen LogP contribution >= 0.6 is 0 Å². The summed E-state index contributed by atoms with van der Waals surface area (Å²) in [6.45, 7) is 3.88. The van der Waals surface area contributed by atoms with Crippen LogP contribution in [-0.2, 0) is 0 Å². The van der Waals surface area contributed by atoms with Crippen LogP contribution in [0.4, 0.5) is 0 Å². The Morgan fingerprint density at radius 2 is 1.86 bits per heavy atom. The zero-order chi connectivity index (χ0) is 9.97. The molecule has 1 N–H and O–H groups in total. The first-order chi connectivity index (χ1) is 6.77. The predicted octanol–water partition coefficient (Wildman–Crippen LogP) is 1.21. The molecule has 1 fully saturated rings. The van der Waals surface area contributed by atoms with Crippen molar-refractivity contribution >= 4 is 5.84 Å². The molecule has 74 valence electrons. The van der Waals surface area contributed by atoms with Crippen LogP contribution in [0.2, 0.25) is 0 Å². The van der Waals surface area contributed by atoms with E-state index < -0.39 is 0 Å². The van der Waals surface area contributed by atoms with Gasteiger partial charge in [-0.1, -0.05) is 0 Å². The summed E-state index contributed by atoms with van der Waals surface area (Å²) in [7, 11) is 0. The lowest BCUT2D eigenvalue weighted by molar-refractivity contribution is 0.513. The summed E-state index contributed by atoms with van der Waals surface area (Å²) in [6, 6.07) is 0. The summed E-state index contributed by atoms with van der Waals surface area (Å²) < 4.78 is 0. The van der Waals surface area contributed by atoms with E-state index in [0.29, 0.717) is 11.7 Å². The van der Waals surface area contributed by atoms with Crippen molar-refractivity contribution in [3.05, 3.63) is 23.8 Å². The second-order valence-corrected chi connectivity index (χ2v) is 3.63. The van der Waals surface area contributed by atoms with Crippen LogP contribution in [0.3, 0.4) is 0 Å². The van der Waals surface area contributed by atoms with Crippen molar-refractivity contribution in [2.24, 2.45) is 0 Å². The molecular formula is C10H14N4. The molecule has 2 heterocycles. The monoisotopic (exact) mass is 190 g/mol. The summed E-state index contributed by atoms with van der Waals surface area (Å²) in [5.41, 5.74) is 1.03. The van der Waals surface area contributed by atoms with E-state index in [9.17, 15) is 0 Å². The average molecular weight is 190 g/mol. The number of aromatic nitrogens is 2. The molecule has 4 nitrogen and oxygen atoms in total. The lowest BCUT2D eigenvalue weighted by Gasteiger charge is -2.16. The van der Waals surface area contributed by atoms with Gasteiger partial charge in [0.25, 0.3) is 0 Å². The zero-order valence-electron chi connectivity index (χ0n) is 8.32. The van der Waals surface area contributed by atoms with Gasteiger partial charge in [-0.15, -0.1) is 0 Å². The van der Waals surface area contributed by atoms with E-state index >= 15 is 0 Å². The first-order valence-corrected chi connectivity index (χ1v) is 4.90. The number of likely N-dealkylation sites (tertiary alicyclic amines) is 1. The normalized spacial score (nSPS) is 15.9. The Morgan fingerprint density at radius 3 is 2.43 bits per heavy atom. The van der Waals surface area contributed by atoms with E-state index in [1.807, 2.05) is 11.8 Å². The maximum absolute atomic E-state index is 7.90. The number of amidine groups is 1. The standard InChI is InChI=1S/C10H14N4/c1-8-6-12-10(13-7-8)9(11)14-4-2-3-5-14/h6-7,11H,2-5H2,1H3. The molecule has 1 aliphatic heterocycles. The lowest BCUT2D eigenvalue weighted by atomic mass is 10.4. The van der Waals surface area contributed by atoms with Gasteiger partial charge < -0.3 is 4.90 Å². The molecule has 2 rings (SSSR count). The van der Waals surface area contributed by atoms with Crippen molar-refractivity contribution in [2.45, 2.75) is 19.8 Å². The number of nitrogens with one attached hydrogen (secondary N) is 1. The fourth-order valence-corrected chi connectivity index (χ4v) is 1.60. The van der Waals surface area contributed by atoms with Crippen LogP contribution in [0.5, 0.6) is 0 Å². The van der Waals surface area contributed by atoms with Crippen LogP contribution in [0, 0.1) is 12.3 Å². The van der Waals surface area contributed by atoms with Gasteiger partial charge in [0, 0.05) is 25.5 Å². The molecule has 4 heteroatoms. The Hall–Kier alpha value is -1.45. The minimum Gasteiger partial charge on any atom is -0.354 e. The molecule has 14 heavy (non-hydrogen) atoms. The molecule has 0 spiro atoms. The van der Waals surface area contributed by atoms with Gasteiger partial charge in [0.1, 0.15) is 0 Å². The Kier molecular flexibility index (Phi) is 2.43. The Bertz CT molecular complexity index is 324. The Labute approximate surface area is 83.5 Å². The molecule has 1 aromatic heterocycles. The lowest BCUT2D eigenvalue weighted by Crippen LogP contribution is -2.29. The fourth-order valence-electron chi connectivity index (χ4n) is 1.60. The highest BCUT2D eigenvalue weighted by Gasteiger charge is 2.17. The highest BCUT2D eigenvalue weighted by molar-refractivity contribution is 5.92. The van der Waals surface area contributed by atoms with E-state index in [-0.39, 0.29) is 0 Å². The van der Waals surface area contributed by atoms with E-state index in [1.54, 1.807) is 12.4 Å². The van der Waals surface area contributed by atoms with E-state index in [1.165, 1.54) is 12.8 Å². The summed E-state index contributed by atoms with van der Waals surface area (Å²) in [5.74, 6) is 1.00. The topological polar surface area (TPSA) is 52.9 Å². The van der Waals surface area contributed by atoms with Gasteiger partial charge in [0.2, 0.25) is 0 Å². The highest BCUT2D eigenvalue weighted by Crippen LogP contribution is 2.10. The third-order valence-corrected chi connectivity index (χ3v) is 2.42. The van der Waals surface area contributed by atoms with Gasteiger partial charge in [-0.25, -0.2) is 9.97 Å². The fraction of sp³-hybridized carbons (Fsp3) is 0.500. The minimum atomic E-state index is 0.461. The number of hydrogen-bond acceptors (Lipinski definition) is 3. The van der Waals surface area contributed by atoms with Crippen molar-refractivity contribution in [1.29, 1.82) is 5.41 Å². The molecule has 1 saturated heterocycles. The molecule has 0 bridgehead atoms. The second kappa shape index (κ2) is 3.74. The van der Waals surface area contributed by atoms with Crippen molar-refractivity contribution < 1.29 is 0 Å². The van der Waals surface area contributed by atoms with Gasteiger partial charge in [0.15, 0.2) is 11.7 Å². The van der Waals surface area contributed by atoms with Crippen LogP contribution in [0.1, 0.15) is 24.2 Å². The molecule has 0 unspecified atom stereocenters. The van der Waals surface area contributed by atoms with Gasteiger partial charge in [-0.3, -0.25) is 5.41 Å². The molecule has 0 amide bonds. The van der Waals surface area contributed by atoms with E-state index in [4.69, 9.17) is 5.41 Å². The smallest absolute Gasteiger partial charge is 0.194 e. The summed E-state index contributed by atoms with van der Waals surface area (Å²) in [4.78, 5) is 10.3. The SMILES string of the molecule is Cc1cnc(C(=N)N2CCCC2)nc1. The molecule has 0 aromatic carbocycles. The van der Waals surface area contributed by atoms with Gasteiger partial charge in [-0.05, 0) is 25.3 Å². The summed E-state index contributed by atoms with van der Waals surface area (Å²) in [6.07, 6.45) is 5.86. The van der Waals surface area contributed by atoms with Gasteiger partial charge in [-0.2, -0.15) is 0 Å². The molecule has 1 aliphatic rings. The third-order valence-electron chi connectivity index (χ3n) is 2.42. The molecule has 0 aliphatic carbocycles. The van der Waals surface area contributed by atoms with E-state index in [0.717, 1.165) is 18.7 Å². The molecular weight excluding hydrogens is 176 g/mol. The number of aryl methyl sites for hydroxylation is 1. The number of hydrogen-bond donors (Lipinski definition) is 1. The van der Waals surface area contributed by atoms with Crippen LogP contribution in [-0.4, -0.2) is 33.8 Å². The maximum Gasteiger partial charge on any atom is 0.194 e. The van der Waals surface area contributed by atoms with E-state index in [2.05, 4.69) is 9.97 Å². The van der Waals surface area contributed by atoms with Crippen molar-refractivity contribution in [1.82, 2.24) is 14.9 Å². The van der Waals surface area contributed by atoms with Crippen LogP contribution < -0.4 is 0 Å². The van der Waals surface area contributed by atoms with Crippen molar-refractivity contribution in [3.63, 3.8) is 0 Å². The largest absolute Gasteiger partial charge is 0.354 e. The van der Waals surface area contributed by atoms with Gasteiger partial charge in [0.05, 0.1) is 0 Å². The summed E-state index contributed by atoms with van der Waals surface area (Å²) >= 11 is 0. The van der Waals surface area contributed by atoms with Crippen molar-refractivity contribution in [3.8, 4) is 0 Å². The predicted molar refractivity (Wildman–Crippen MR) is 54.4 cm³/mol. The number of rotatable bonds is 1. The van der Waals surface area contributed by atoms with Crippen LogP contribution in [0.25, 0.3) is 0 Å². The Morgan fingerprint density at radius 1 is 1.29 bits per heavy atom. The minimum absolute atomic E-state index is 0.461. The molecule has 0 saturated carbocycles. The van der Waals surface area contributed by atoms with Gasteiger partial charge >= 0.3 is 0 Å². The quantitative estimate of drug-likeness (QED) is 0.535. The second-order valence-electron chi connectivity index (χ2n) is 3.63. The van der Waals surface area contributed by atoms with Crippen LogP contribution in [0.15, 0.2) is 12.4 Å². The average Bonchev–Trinajstić information content (AvgIpc) is 2.71. The molecule has 0 radical (unpaired) electrons. The number of nitrogens with zero attached hydrogens (tertiary/aromatic N) is 3. The first-order valence-electron chi connectivity index (χ1n) is 4.90.